The first-order valence-corrected chi connectivity index (χ1v) is 11.8. The van der Waals surface area contributed by atoms with Gasteiger partial charge in [-0.3, -0.25) is 14.6 Å². The maximum atomic E-state index is 12.9. The quantitative estimate of drug-likeness (QED) is 0.591. The Morgan fingerprint density at radius 2 is 1.94 bits per heavy atom. The normalized spacial score (nSPS) is 19.6. The lowest BCUT2D eigenvalue weighted by Crippen LogP contribution is -2.45. The monoisotopic (exact) mass is 465 g/mol. The summed E-state index contributed by atoms with van der Waals surface area (Å²) in [7, 11) is 0. The predicted molar refractivity (Wildman–Crippen MR) is 127 cm³/mol. The van der Waals surface area contributed by atoms with Crippen LogP contribution in [0.2, 0.25) is 0 Å². The van der Waals surface area contributed by atoms with Gasteiger partial charge in [-0.05, 0) is 45.4 Å². The highest BCUT2D eigenvalue weighted by molar-refractivity contribution is 5.91. The molecular weight excluding hydrogens is 434 g/mol. The number of morpholine rings is 1. The summed E-state index contributed by atoms with van der Waals surface area (Å²) in [6, 6.07) is 7.91. The van der Waals surface area contributed by atoms with Crippen LogP contribution in [0.15, 0.2) is 28.7 Å². The van der Waals surface area contributed by atoms with E-state index in [-0.39, 0.29) is 5.91 Å². The molecule has 3 aromatic rings. The number of ether oxygens (including phenoxy) is 1. The number of furan rings is 1. The molecule has 0 spiro atoms. The molecule has 10 heteroatoms. The highest BCUT2D eigenvalue weighted by Gasteiger charge is 2.29. The molecule has 10 nitrogen and oxygen atoms in total. The molecule has 180 valence electrons. The number of nitrogens with one attached hydrogen (secondary N) is 1. The molecule has 1 amide bonds. The molecule has 2 aliphatic rings. The number of carbonyl (C=O) groups excluding carboxylic acids is 1. The van der Waals surface area contributed by atoms with E-state index in [0.29, 0.717) is 35.8 Å². The van der Waals surface area contributed by atoms with Crippen molar-refractivity contribution >= 4 is 11.7 Å². The third-order valence-electron chi connectivity index (χ3n) is 6.34. The Bertz CT molecular complexity index is 1170. The van der Waals surface area contributed by atoms with Crippen molar-refractivity contribution in [3.63, 3.8) is 0 Å². The molecule has 1 atom stereocenters. The Morgan fingerprint density at radius 1 is 1.12 bits per heavy atom. The van der Waals surface area contributed by atoms with Crippen molar-refractivity contribution in [2.75, 3.05) is 51.3 Å². The van der Waals surface area contributed by atoms with Crippen molar-refractivity contribution < 1.29 is 13.9 Å². The molecule has 2 aliphatic heterocycles. The molecule has 0 saturated carbocycles. The lowest BCUT2D eigenvalue weighted by Gasteiger charge is -2.32. The van der Waals surface area contributed by atoms with Gasteiger partial charge in [0.25, 0.3) is 0 Å². The van der Waals surface area contributed by atoms with Crippen LogP contribution in [0.25, 0.3) is 17.4 Å². The topological polar surface area (TPSA) is 102 Å². The van der Waals surface area contributed by atoms with Crippen LogP contribution in [0.1, 0.15) is 23.6 Å². The van der Waals surface area contributed by atoms with E-state index in [0.717, 1.165) is 63.0 Å². The molecule has 1 N–H and O–H groups in total. The second-order valence-corrected chi connectivity index (χ2v) is 9.06. The Kier molecular flexibility index (Phi) is 6.44. The fourth-order valence-electron chi connectivity index (χ4n) is 4.71. The molecular formula is C24H31N7O3. The fourth-order valence-corrected chi connectivity index (χ4v) is 4.71. The van der Waals surface area contributed by atoms with Crippen LogP contribution < -0.4 is 5.32 Å². The van der Waals surface area contributed by atoms with Gasteiger partial charge in [0.05, 0.1) is 25.5 Å². The first-order chi connectivity index (χ1) is 16.4. The van der Waals surface area contributed by atoms with Crippen molar-refractivity contribution in [1.82, 2.24) is 29.5 Å². The molecule has 0 aliphatic carbocycles. The van der Waals surface area contributed by atoms with Crippen LogP contribution in [-0.2, 0) is 9.53 Å². The van der Waals surface area contributed by atoms with Gasteiger partial charge >= 0.3 is 0 Å². The maximum absolute atomic E-state index is 12.9. The van der Waals surface area contributed by atoms with Gasteiger partial charge in [-0.2, -0.15) is 5.10 Å². The van der Waals surface area contributed by atoms with Gasteiger partial charge in [0, 0.05) is 44.0 Å². The van der Waals surface area contributed by atoms with Crippen molar-refractivity contribution in [3.05, 3.63) is 41.4 Å². The minimum Gasteiger partial charge on any atom is -0.458 e. The van der Waals surface area contributed by atoms with E-state index in [4.69, 9.17) is 9.15 Å². The number of rotatable bonds is 6. The van der Waals surface area contributed by atoms with Gasteiger partial charge in [0.15, 0.2) is 17.4 Å². The summed E-state index contributed by atoms with van der Waals surface area (Å²) in [6.45, 7) is 11.4. The van der Waals surface area contributed by atoms with Gasteiger partial charge < -0.3 is 14.5 Å². The average Bonchev–Trinajstić information content (AvgIpc) is 3.54. The van der Waals surface area contributed by atoms with Crippen LogP contribution in [0.3, 0.4) is 0 Å². The van der Waals surface area contributed by atoms with Gasteiger partial charge in [-0.1, -0.05) is 0 Å². The zero-order valence-corrected chi connectivity index (χ0v) is 20.0. The average molecular weight is 466 g/mol. The van der Waals surface area contributed by atoms with Gasteiger partial charge in [0.1, 0.15) is 11.6 Å². The Balaban J connectivity index is 1.32. The van der Waals surface area contributed by atoms with Gasteiger partial charge in [-0.15, -0.1) is 0 Å². The molecule has 0 radical (unpaired) electrons. The summed E-state index contributed by atoms with van der Waals surface area (Å²) in [5, 5.41) is 7.51. The first kappa shape index (κ1) is 22.7. The zero-order chi connectivity index (χ0) is 23.7. The lowest BCUT2D eigenvalue weighted by molar-refractivity contribution is -0.117. The van der Waals surface area contributed by atoms with E-state index >= 15 is 0 Å². The number of nitrogens with zero attached hydrogens (tertiary/aromatic N) is 6. The largest absolute Gasteiger partial charge is 0.458 e. The smallest absolute Gasteiger partial charge is 0.239 e. The first-order valence-electron chi connectivity index (χ1n) is 11.8. The molecule has 1 unspecified atom stereocenters. The molecule has 5 heterocycles. The molecule has 34 heavy (non-hydrogen) atoms. The fraction of sp³-hybridized carbons (Fsp3) is 0.500. The van der Waals surface area contributed by atoms with E-state index < -0.39 is 0 Å². The van der Waals surface area contributed by atoms with Crippen LogP contribution in [0.5, 0.6) is 0 Å². The molecule has 3 aromatic heterocycles. The molecule has 0 bridgehead atoms. The van der Waals surface area contributed by atoms with E-state index in [1.54, 1.807) is 10.7 Å². The Morgan fingerprint density at radius 3 is 2.65 bits per heavy atom. The highest BCUT2D eigenvalue weighted by Crippen LogP contribution is 2.23. The molecule has 2 fully saturated rings. The number of aryl methyl sites for hydroxylation is 3. The summed E-state index contributed by atoms with van der Waals surface area (Å²) in [5.41, 5.74) is 1.84. The minimum absolute atomic E-state index is 0.0952. The summed E-state index contributed by atoms with van der Waals surface area (Å²) in [6.07, 6.45) is 1.07. The Labute approximate surface area is 198 Å². The number of aromatic nitrogens is 4. The summed E-state index contributed by atoms with van der Waals surface area (Å²) in [5.74, 6) is 2.63. The van der Waals surface area contributed by atoms with Crippen LogP contribution >= 0.6 is 0 Å². The molecule has 2 saturated heterocycles. The van der Waals surface area contributed by atoms with Crippen molar-refractivity contribution in [2.24, 2.45) is 0 Å². The zero-order valence-electron chi connectivity index (χ0n) is 20.0. The van der Waals surface area contributed by atoms with Crippen LogP contribution in [-0.4, -0.2) is 87.4 Å². The Hall–Kier alpha value is -3.08. The minimum atomic E-state index is -0.0952. The van der Waals surface area contributed by atoms with E-state index in [9.17, 15) is 4.79 Å². The number of anilines is 1. The maximum Gasteiger partial charge on any atom is 0.239 e. The second-order valence-electron chi connectivity index (χ2n) is 9.06. The van der Waals surface area contributed by atoms with Crippen molar-refractivity contribution in [2.45, 2.75) is 33.2 Å². The van der Waals surface area contributed by atoms with Crippen molar-refractivity contribution in [1.29, 1.82) is 0 Å². The second kappa shape index (κ2) is 9.65. The SMILES string of the molecule is Cc1cc(C)n(-c2cc(NC(=O)CN3CCC(N4CCOCC4)C3)nc(-c3ccc(C)o3)n2)n1. The van der Waals surface area contributed by atoms with Gasteiger partial charge in [0.2, 0.25) is 5.91 Å². The molecule has 0 aromatic carbocycles. The number of carbonyl (C=O) groups is 1. The lowest BCUT2D eigenvalue weighted by atomic mass is 10.2. The van der Waals surface area contributed by atoms with E-state index in [1.807, 2.05) is 39.0 Å². The number of amides is 1. The number of likely N-dealkylation sites (tertiary alicyclic amines) is 1. The number of hydrogen-bond donors (Lipinski definition) is 1. The van der Waals surface area contributed by atoms with E-state index in [2.05, 4.69) is 30.2 Å². The highest BCUT2D eigenvalue weighted by atomic mass is 16.5. The standard InChI is InChI=1S/C24H31N7O3/c1-16-12-17(2)31(28-16)22-13-21(26-24(27-22)20-5-4-18(3)34-20)25-23(32)15-29-7-6-19(14-29)30-8-10-33-11-9-30/h4-5,12-13,19H,6-11,14-15H2,1-3H3,(H,25,26,27,32). The third kappa shape index (κ3) is 5.03. The summed E-state index contributed by atoms with van der Waals surface area (Å²) in [4.78, 5) is 26.8. The number of hydrogen-bond acceptors (Lipinski definition) is 8. The third-order valence-corrected chi connectivity index (χ3v) is 6.34. The van der Waals surface area contributed by atoms with Crippen LogP contribution in [0.4, 0.5) is 5.82 Å². The predicted octanol–water partition coefficient (Wildman–Crippen LogP) is 2.19. The van der Waals surface area contributed by atoms with Crippen molar-refractivity contribution in [3.8, 4) is 17.4 Å². The summed E-state index contributed by atoms with van der Waals surface area (Å²) >= 11 is 0. The van der Waals surface area contributed by atoms with Crippen LogP contribution in [0, 0.1) is 20.8 Å². The molecule has 5 rings (SSSR count). The summed E-state index contributed by atoms with van der Waals surface area (Å²) < 4.78 is 13.0. The van der Waals surface area contributed by atoms with Gasteiger partial charge in [-0.25, -0.2) is 14.6 Å². The van der Waals surface area contributed by atoms with E-state index in [1.165, 1.54) is 0 Å².